The molecule has 8 heteroatoms. The van der Waals surface area contributed by atoms with Crippen molar-refractivity contribution < 1.29 is 14.0 Å². The zero-order valence-electron chi connectivity index (χ0n) is 17.3. The first-order chi connectivity index (χ1) is 14.5. The number of benzene rings is 2. The van der Waals surface area contributed by atoms with Crippen LogP contribution in [0.2, 0.25) is 0 Å². The van der Waals surface area contributed by atoms with E-state index in [0.29, 0.717) is 29.7 Å². The molecule has 1 atom stereocenters. The maximum absolute atomic E-state index is 12.5. The van der Waals surface area contributed by atoms with E-state index in [0.717, 1.165) is 5.56 Å². The van der Waals surface area contributed by atoms with Gasteiger partial charge in [0.1, 0.15) is 0 Å². The van der Waals surface area contributed by atoms with Gasteiger partial charge in [-0.25, -0.2) is 0 Å². The third-order valence-electron chi connectivity index (χ3n) is 4.61. The van der Waals surface area contributed by atoms with Gasteiger partial charge in [0.25, 0.3) is 0 Å². The third kappa shape index (κ3) is 5.51. The van der Waals surface area contributed by atoms with Crippen LogP contribution >= 0.6 is 0 Å². The lowest BCUT2D eigenvalue weighted by Gasteiger charge is -2.24. The Labute approximate surface area is 175 Å². The highest BCUT2D eigenvalue weighted by molar-refractivity contribution is 5.93. The molecule has 0 fully saturated rings. The van der Waals surface area contributed by atoms with E-state index in [2.05, 4.69) is 20.8 Å². The molecule has 1 unspecified atom stereocenters. The molecule has 0 saturated heterocycles. The summed E-state index contributed by atoms with van der Waals surface area (Å²) in [5.74, 6) is 0.620. The van der Waals surface area contributed by atoms with Crippen molar-refractivity contribution in [3.63, 3.8) is 0 Å². The lowest BCUT2D eigenvalue weighted by molar-refractivity contribution is -0.118. The van der Waals surface area contributed by atoms with E-state index in [1.807, 2.05) is 49.1 Å². The van der Waals surface area contributed by atoms with Crippen LogP contribution in [0.3, 0.4) is 0 Å². The maximum atomic E-state index is 12.5. The van der Waals surface area contributed by atoms with E-state index in [1.54, 1.807) is 24.3 Å². The average Bonchev–Trinajstić information content (AvgIpc) is 3.23. The van der Waals surface area contributed by atoms with Gasteiger partial charge in [0.2, 0.25) is 23.6 Å². The molecule has 2 amide bonds. The molecule has 0 bridgehead atoms. The van der Waals surface area contributed by atoms with Crippen molar-refractivity contribution in [1.82, 2.24) is 15.1 Å². The predicted octanol–water partition coefficient (Wildman–Crippen LogP) is 3.72. The predicted molar refractivity (Wildman–Crippen MR) is 115 cm³/mol. The Morgan fingerprint density at radius 3 is 2.23 bits per heavy atom. The second kappa shape index (κ2) is 9.80. The summed E-state index contributed by atoms with van der Waals surface area (Å²) >= 11 is 0. The van der Waals surface area contributed by atoms with Gasteiger partial charge in [0.15, 0.2) is 0 Å². The maximum Gasteiger partial charge on any atom is 0.247 e. The molecule has 0 spiro atoms. The number of aromatic nitrogens is 2. The molecule has 3 aromatic rings. The van der Waals surface area contributed by atoms with Crippen molar-refractivity contribution >= 4 is 23.2 Å². The standard InChI is InChI=1S/C22H25N5O3/c1-4-27(14-20(29)24-19-12-10-18(11-13-19)23-16(3)28)15(2)21-25-26-22(30-21)17-8-6-5-7-9-17/h5-13,15H,4,14H2,1-3H3,(H,23,28)(H,24,29). The Kier molecular flexibility index (Phi) is 6.92. The van der Waals surface area contributed by atoms with Gasteiger partial charge in [-0.2, -0.15) is 0 Å². The second-order valence-corrected chi connectivity index (χ2v) is 6.86. The van der Waals surface area contributed by atoms with Gasteiger partial charge in [-0.1, -0.05) is 25.1 Å². The van der Waals surface area contributed by atoms with E-state index in [1.165, 1.54) is 6.92 Å². The van der Waals surface area contributed by atoms with E-state index in [9.17, 15) is 9.59 Å². The Hall–Kier alpha value is -3.52. The molecule has 0 radical (unpaired) electrons. The SMILES string of the molecule is CCN(CC(=O)Nc1ccc(NC(C)=O)cc1)C(C)c1nnc(-c2ccccc2)o1. The summed E-state index contributed by atoms with van der Waals surface area (Å²) in [5.41, 5.74) is 2.18. The number of nitrogens with zero attached hydrogens (tertiary/aromatic N) is 3. The fourth-order valence-corrected chi connectivity index (χ4v) is 3.00. The lowest BCUT2D eigenvalue weighted by Crippen LogP contribution is -2.35. The first-order valence-electron chi connectivity index (χ1n) is 9.76. The molecule has 8 nitrogen and oxygen atoms in total. The molecule has 2 N–H and O–H groups in total. The largest absolute Gasteiger partial charge is 0.419 e. The molecule has 1 aromatic heterocycles. The molecular formula is C22H25N5O3. The van der Waals surface area contributed by atoms with Crippen molar-refractivity contribution in [1.29, 1.82) is 0 Å². The Balaban J connectivity index is 1.61. The number of likely N-dealkylation sites (N-methyl/N-ethyl adjacent to an activating group) is 1. The van der Waals surface area contributed by atoms with Crippen LogP contribution in [-0.4, -0.2) is 40.0 Å². The van der Waals surface area contributed by atoms with Gasteiger partial charge >= 0.3 is 0 Å². The number of hydrogen-bond acceptors (Lipinski definition) is 6. The van der Waals surface area contributed by atoms with E-state index < -0.39 is 0 Å². The smallest absolute Gasteiger partial charge is 0.247 e. The summed E-state index contributed by atoms with van der Waals surface area (Å²) in [6.45, 7) is 6.16. The number of rotatable bonds is 8. The van der Waals surface area contributed by atoms with E-state index in [-0.39, 0.29) is 24.4 Å². The van der Waals surface area contributed by atoms with Crippen LogP contribution in [0.15, 0.2) is 59.0 Å². The van der Waals surface area contributed by atoms with Gasteiger partial charge in [-0.05, 0) is 49.9 Å². The summed E-state index contributed by atoms with van der Waals surface area (Å²) in [4.78, 5) is 25.6. The minimum absolute atomic E-state index is 0.143. The van der Waals surface area contributed by atoms with Crippen LogP contribution in [0.4, 0.5) is 11.4 Å². The molecule has 1 heterocycles. The van der Waals surface area contributed by atoms with Gasteiger partial charge in [0.05, 0.1) is 12.6 Å². The lowest BCUT2D eigenvalue weighted by atomic mass is 10.2. The van der Waals surface area contributed by atoms with Crippen molar-refractivity contribution in [2.45, 2.75) is 26.8 Å². The highest BCUT2D eigenvalue weighted by atomic mass is 16.4. The molecule has 0 saturated carbocycles. The number of carbonyl (C=O) groups is 2. The number of amides is 2. The van der Waals surface area contributed by atoms with Crippen molar-refractivity contribution in [2.75, 3.05) is 23.7 Å². The van der Waals surface area contributed by atoms with Gasteiger partial charge in [0, 0.05) is 23.9 Å². The minimum Gasteiger partial charge on any atom is -0.419 e. The van der Waals surface area contributed by atoms with Gasteiger partial charge < -0.3 is 15.1 Å². The average molecular weight is 407 g/mol. The summed E-state index contributed by atoms with van der Waals surface area (Å²) < 4.78 is 5.83. The molecule has 30 heavy (non-hydrogen) atoms. The highest BCUT2D eigenvalue weighted by Crippen LogP contribution is 2.23. The summed E-state index contributed by atoms with van der Waals surface area (Å²) in [6, 6.07) is 16.3. The first-order valence-corrected chi connectivity index (χ1v) is 9.76. The zero-order chi connectivity index (χ0) is 21.5. The van der Waals surface area contributed by atoms with E-state index in [4.69, 9.17) is 4.42 Å². The Morgan fingerprint density at radius 1 is 1.00 bits per heavy atom. The van der Waals surface area contributed by atoms with Crippen molar-refractivity contribution in [2.24, 2.45) is 0 Å². The van der Waals surface area contributed by atoms with Gasteiger partial charge in [-0.3, -0.25) is 14.5 Å². The fourth-order valence-electron chi connectivity index (χ4n) is 3.00. The minimum atomic E-state index is -0.215. The fraction of sp³-hybridized carbons (Fsp3) is 0.273. The molecule has 0 aliphatic carbocycles. The van der Waals surface area contributed by atoms with Crippen LogP contribution in [-0.2, 0) is 9.59 Å². The molecule has 0 aliphatic heterocycles. The summed E-state index contributed by atoms with van der Waals surface area (Å²) in [6.07, 6.45) is 0. The molecule has 2 aromatic carbocycles. The zero-order valence-corrected chi connectivity index (χ0v) is 17.3. The number of hydrogen-bond donors (Lipinski definition) is 2. The number of anilines is 2. The molecule has 3 rings (SSSR count). The number of carbonyl (C=O) groups excluding carboxylic acids is 2. The quantitative estimate of drug-likeness (QED) is 0.590. The van der Waals surface area contributed by atoms with Crippen LogP contribution in [0.5, 0.6) is 0 Å². The topological polar surface area (TPSA) is 100 Å². The summed E-state index contributed by atoms with van der Waals surface area (Å²) in [5, 5.41) is 13.8. The van der Waals surface area contributed by atoms with Crippen LogP contribution in [0, 0.1) is 0 Å². The summed E-state index contributed by atoms with van der Waals surface area (Å²) in [7, 11) is 0. The number of nitrogens with one attached hydrogen (secondary N) is 2. The third-order valence-corrected chi connectivity index (χ3v) is 4.61. The van der Waals surface area contributed by atoms with Crippen LogP contribution < -0.4 is 10.6 Å². The Morgan fingerprint density at radius 2 is 1.63 bits per heavy atom. The normalized spacial score (nSPS) is 11.9. The molecule has 0 aliphatic rings. The van der Waals surface area contributed by atoms with Gasteiger partial charge in [-0.15, -0.1) is 10.2 Å². The monoisotopic (exact) mass is 407 g/mol. The van der Waals surface area contributed by atoms with E-state index >= 15 is 0 Å². The Bertz CT molecular complexity index is 986. The van der Waals surface area contributed by atoms with Crippen molar-refractivity contribution in [3.8, 4) is 11.5 Å². The van der Waals surface area contributed by atoms with Crippen molar-refractivity contribution in [3.05, 3.63) is 60.5 Å². The van der Waals surface area contributed by atoms with Crippen LogP contribution in [0.25, 0.3) is 11.5 Å². The molecule has 156 valence electrons. The first kappa shape index (κ1) is 21.2. The molecular weight excluding hydrogens is 382 g/mol. The highest BCUT2D eigenvalue weighted by Gasteiger charge is 2.23. The second-order valence-electron chi connectivity index (χ2n) is 6.86. The van der Waals surface area contributed by atoms with Crippen LogP contribution in [0.1, 0.15) is 32.7 Å².